The van der Waals surface area contributed by atoms with E-state index in [1.807, 2.05) is 0 Å². The van der Waals surface area contributed by atoms with E-state index in [1.54, 1.807) is 0 Å². The molecule has 156 valence electrons. The van der Waals surface area contributed by atoms with Gasteiger partial charge >= 0.3 is 0 Å². The Morgan fingerprint density at radius 2 is 1.42 bits per heavy atom. The van der Waals surface area contributed by atoms with Crippen molar-refractivity contribution in [1.29, 1.82) is 5.26 Å². The second-order valence-electron chi connectivity index (χ2n) is 5.87. The van der Waals surface area contributed by atoms with Crippen LogP contribution in [0.25, 0.3) is 5.69 Å². The van der Waals surface area contributed by atoms with Crippen molar-refractivity contribution in [2.24, 2.45) is 0 Å². The van der Waals surface area contributed by atoms with Crippen LogP contribution in [0.15, 0.2) is 12.1 Å². The SMILES string of the molecule is Cc1nn(-c2c(F)c(F)c(F)c(F)c2F)c(O)c1C(=O)c1cc(F)c(C#N)c(F)c1.[Zn]. The van der Waals surface area contributed by atoms with Gasteiger partial charge in [0, 0.05) is 25.0 Å². The van der Waals surface area contributed by atoms with Gasteiger partial charge in [-0.1, -0.05) is 0 Å². The minimum absolute atomic E-state index is 0. The van der Waals surface area contributed by atoms with Gasteiger partial charge in [0.05, 0.1) is 5.69 Å². The summed E-state index contributed by atoms with van der Waals surface area (Å²) in [5, 5.41) is 22.3. The van der Waals surface area contributed by atoms with Crippen molar-refractivity contribution < 1.29 is 60.1 Å². The van der Waals surface area contributed by atoms with E-state index in [4.69, 9.17) is 5.26 Å². The smallest absolute Gasteiger partial charge is 0.226 e. The van der Waals surface area contributed by atoms with Crippen LogP contribution in [0.4, 0.5) is 30.7 Å². The van der Waals surface area contributed by atoms with Crippen LogP contribution in [0.3, 0.4) is 0 Å². The number of rotatable bonds is 3. The Hall–Kier alpha value is -3.26. The van der Waals surface area contributed by atoms with Gasteiger partial charge in [0.1, 0.15) is 34.5 Å². The molecule has 0 saturated carbocycles. The standard InChI is InChI=1S/C18H6F7N3O2.Zn/c1-5-10(17(29)6-2-8(19)7(4-26)9(20)3-6)18(30)28(27-5)16-14(24)12(22)11(21)13(23)15(16)25;/h2-3,30H,1H3;. The topological polar surface area (TPSA) is 78.9 Å². The van der Waals surface area contributed by atoms with E-state index in [1.165, 1.54) is 6.07 Å². The average molecular weight is 495 g/mol. The number of carbonyl (C=O) groups excluding carboxylic acids is 1. The molecule has 13 heteroatoms. The molecule has 0 unspecified atom stereocenters. The zero-order valence-corrected chi connectivity index (χ0v) is 18.2. The molecule has 2 aromatic carbocycles. The van der Waals surface area contributed by atoms with Gasteiger partial charge in [-0.3, -0.25) is 4.79 Å². The summed E-state index contributed by atoms with van der Waals surface area (Å²) in [6, 6.07) is 2.17. The molecule has 0 fully saturated rings. The van der Waals surface area contributed by atoms with Crippen molar-refractivity contribution in [3.63, 3.8) is 0 Å². The predicted octanol–water partition coefficient (Wildman–Crippen LogP) is 3.96. The van der Waals surface area contributed by atoms with Crippen LogP contribution in [0.2, 0.25) is 0 Å². The third-order valence-electron chi connectivity index (χ3n) is 4.08. The molecule has 1 aromatic heterocycles. The third-order valence-corrected chi connectivity index (χ3v) is 4.08. The van der Waals surface area contributed by atoms with E-state index in [2.05, 4.69) is 5.10 Å². The Kier molecular flexibility index (Phi) is 6.56. The Labute approximate surface area is 181 Å². The molecule has 0 bridgehead atoms. The summed E-state index contributed by atoms with van der Waals surface area (Å²) in [7, 11) is 0. The summed E-state index contributed by atoms with van der Waals surface area (Å²) in [5.74, 6) is -17.2. The van der Waals surface area contributed by atoms with E-state index >= 15 is 0 Å². The maximum Gasteiger partial charge on any atom is 0.226 e. The molecule has 0 aliphatic carbocycles. The minimum Gasteiger partial charge on any atom is -0.493 e. The van der Waals surface area contributed by atoms with Gasteiger partial charge < -0.3 is 5.11 Å². The number of hydrogen-bond acceptors (Lipinski definition) is 4. The first-order valence-electron chi connectivity index (χ1n) is 7.75. The molecule has 0 amide bonds. The van der Waals surface area contributed by atoms with E-state index in [-0.39, 0.29) is 24.2 Å². The monoisotopic (exact) mass is 493 g/mol. The fourth-order valence-corrected chi connectivity index (χ4v) is 2.67. The summed E-state index contributed by atoms with van der Waals surface area (Å²) < 4.78 is 95.6. The Bertz CT molecular complexity index is 1230. The quantitative estimate of drug-likeness (QED) is 0.197. The molecule has 1 N–H and O–H groups in total. The first kappa shape index (κ1) is 24.0. The summed E-state index contributed by atoms with van der Waals surface area (Å²) >= 11 is 0. The normalized spacial score (nSPS) is 10.5. The number of halogens is 7. The second kappa shape index (κ2) is 8.47. The Morgan fingerprint density at radius 1 is 0.968 bits per heavy atom. The van der Waals surface area contributed by atoms with Crippen LogP contribution in [0.5, 0.6) is 5.88 Å². The van der Waals surface area contributed by atoms with Gasteiger partial charge in [-0.05, 0) is 19.1 Å². The molecule has 0 aliphatic heterocycles. The number of carbonyl (C=O) groups is 1. The molecule has 1 heterocycles. The van der Waals surface area contributed by atoms with Gasteiger partial charge in [0.25, 0.3) is 0 Å². The zero-order valence-electron chi connectivity index (χ0n) is 15.2. The largest absolute Gasteiger partial charge is 0.493 e. The molecular formula is C18H6F7N3O2Zn. The van der Waals surface area contributed by atoms with Crippen molar-refractivity contribution >= 4 is 5.78 Å². The number of aryl methyl sites for hydroxylation is 1. The Balaban J connectivity index is 0.00000341. The molecule has 0 radical (unpaired) electrons. The first-order valence-corrected chi connectivity index (χ1v) is 7.75. The van der Waals surface area contributed by atoms with Gasteiger partial charge in [-0.2, -0.15) is 15.0 Å². The molecule has 0 aliphatic rings. The van der Waals surface area contributed by atoms with Crippen molar-refractivity contribution in [3.05, 3.63) is 75.2 Å². The molecule has 0 atom stereocenters. The van der Waals surface area contributed by atoms with Crippen molar-refractivity contribution in [1.82, 2.24) is 9.78 Å². The summed E-state index contributed by atoms with van der Waals surface area (Å²) in [4.78, 5) is 12.6. The number of nitrogens with zero attached hydrogens (tertiary/aromatic N) is 3. The number of aromatic nitrogens is 2. The molecule has 31 heavy (non-hydrogen) atoms. The number of aromatic hydroxyl groups is 1. The van der Waals surface area contributed by atoms with E-state index in [0.29, 0.717) is 12.1 Å². The molecular weight excluding hydrogens is 489 g/mol. The maximum atomic E-state index is 14.0. The van der Waals surface area contributed by atoms with Gasteiger partial charge in [-0.15, -0.1) is 0 Å². The fourth-order valence-electron chi connectivity index (χ4n) is 2.67. The zero-order chi connectivity index (χ0) is 22.5. The minimum atomic E-state index is -2.45. The van der Waals surface area contributed by atoms with Gasteiger partial charge in [0.15, 0.2) is 23.3 Å². The van der Waals surface area contributed by atoms with Crippen LogP contribution in [-0.4, -0.2) is 20.7 Å². The third kappa shape index (κ3) is 3.68. The average Bonchev–Trinajstić information content (AvgIpc) is 2.98. The molecule has 5 nitrogen and oxygen atoms in total. The molecule has 0 spiro atoms. The van der Waals surface area contributed by atoms with Crippen molar-refractivity contribution in [2.45, 2.75) is 6.92 Å². The van der Waals surface area contributed by atoms with Crippen molar-refractivity contribution in [3.8, 4) is 17.6 Å². The molecule has 0 saturated heterocycles. The predicted molar refractivity (Wildman–Crippen MR) is 84.3 cm³/mol. The van der Waals surface area contributed by atoms with E-state index in [0.717, 1.165) is 6.92 Å². The van der Waals surface area contributed by atoms with Crippen LogP contribution >= 0.6 is 0 Å². The maximum absolute atomic E-state index is 14.0. The van der Waals surface area contributed by atoms with Gasteiger partial charge in [0.2, 0.25) is 17.5 Å². The number of benzene rings is 2. The number of ketones is 1. The Morgan fingerprint density at radius 3 is 1.87 bits per heavy atom. The molecule has 3 rings (SSSR count). The van der Waals surface area contributed by atoms with Crippen LogP contribution in [0.1, 0.15) is 27.2 Å². The van der Waals surface area contributed by atoms with Crippen molar-refractivity contribution in [2.75, 3.05) is 0 Å². The second-order valence-corrected chi connectivity index (χ2v) is 5.87. The molecule has 3 aromatic rings. The number of nitriles is 1. The number of hydrogen-bond donors (Lipinski definition) is 1. The summed E-state index contributed by atoms with van der Waals surface area (Å²) in [6.45, 7) is 1.03. The van der Waals surface area contributed by atoms with Crippen LogP contribution < -0.4 is 0 Å². The summed E-state index contributed by atoms with van der Waals surface area (Å²) in [5.41, 5.74) is -4.62. The summed E-state index contributed by atoms with van der Waals surface area (Å²) in [6.07, 6.45) is 0. The van der Waals surface area contributed by atoms with Crippen LogP contribution in [0, 0.1) is 59.0 Å². The van der Waals surface area contributed by atoms with E-state index in [9.17, 15) is 40.6 Å². The van der Waals surface area contributed by atoms with Crippen LogP contribution in [-0.2, 0) is 19.5 Å². The van der Waals surface area contributed by atoms with E-state index < -0.39 is 80.5 Å². The first-order chi connectivity index (χ1) is 14.0. The fraction of sp³-hybridized carbons (Fsp3) is 0.0556. The van der Waals surface area contributed by atoms with Gasteiger partial charge in [-0.25, -0.2) is 30.7 Å².